The average molecular weight is 323 g/mol. The highest BCUT2D eigenvalue weighted by Crippen LogP contribution is 2.31. The second-order valence-corrected chi connectivity index (χ2v) is 7.71. The molecule has 0 unspecified atom stereocenters. The maximum Gasteiger partial charge on any atom is 0.225 e. The Morgan fingerprint density at radius 2 is 2.10 bits per heavy atom. The van der Waals surface area contributed by atoms with E-state index in [9.17, 15) is 0 Å². The lowest BCUT2D eigenvalue weighted by Gasteiger charge is -2.22. The Balaban J connectivity index is 1.82. The van der Waals surface area contributed by atoms with Crippen LogP contribution in [0.25, 0.3) is 10.2 Å². The topological polar surface area (TPSA) is 49.8 Å². The van der Waals surface area contributed by atoms with Crippen molar-refractivity contribution >= 4 is 45.1 Å². The van der Waals surface area contributed by atoms with Gasteiger partial charge in [-0.1, -0.05) is 6.92 Å². The molecule has 3 rings (SSSR count). The van der Waals surface area contributed by atoms with Crippen molar-refractivity contribution in [1.82, 2.24) is 9.97 Å². The lowest BCUT2D eigenvalue weighted by atomic mass is 10.0. The van der Waals surface area contributed by atoms with Gasteiger partial charge in [0.1, 0.15) is 10.6 Å². The predicted octanol–water partition coefficient (Wildman–Crippen LogP) is 3.85. The smallest absolute Gasteiger partial charge is 0.225 e. The number of aromatic nitrogens is 2. The Bertz CT molecular complexity index is 605. The molecular weight excluding hydrogens is 300 g/mol. The van der Waals surface area contributed by atoms with Crippen LogP contribution in [0, 0.1) is 5.92 Å². The Morgan fingerprint density at radius 1 is 1.29 bits per heavy atom. The molecule has 0 spiro atoms. The summed E-state index contributed by atoms with van der Waals surface area (Å²) in [5.41, 5.74) is 0. The van der Waals surface area contributed by atoms with E-state index in [4.69, 9.17) is 0 Å². The first-order valence-corrected chi connectivity index (χ1v) is 9.57. The van der Waals surface area contributed by atoms with Crippen LogP contribution in [0.3, 0.4) is 0 Å². The molecule has 0 amide bonds. The summed E-state index contributed by atoms with van der Waals surface area (Å²) in [6.45, 7) is 3.21. The molecule has 3 heterocycles. The zero-order chi connectivity index (χ0) is 14.7. The summed E-state index contributed by atoms with van der Waals surface area (Å²) in [7, 11) is 1.87. The zero-order valence-corrected chi connectivity index (χ0v) is 14.2. The number of thiophene rings is 1. The molecule has 4 nitrogen and oxygen atoms in total. The fraction of sp³-hybridized carbons (Fsp3) is 0.600. The first kappa shape index (κ1) is 14.9. The molecule has 114 valence electrons. The van der Waals surface area contributed by atoms with Gasteiger partial charge in [0.2, 0.25) is 5.95 Å². The lowest BCUT2D eigenvalue weighted by Crippen LogP contribution is -2.19. The van der Waals surface area contributed by atoms with E-state index in [1.807, 2.05) is 7.05 Å². The summed E-state index contributed by atoms with van der Waals surface area (Å²) in [6.07, 6.45) is 3.68. The Labute approximate surface area is 134 Å². The fourth-order valence-corrected chi connectivity index (χ4v) is 4.75. The first-order chi connectivity index (χ1) is 10.3. The van der Waals surface area contributed by atoms with Gasteiger partial charge in [0.05, 0.1) is 5.39 Å². The molecule has 0 radical (unpaired) electrons. The SMILES string of the molecule is CCc1cc2c(NCC3CCSCC3)nc(NC)nc2s1. The van der Waals surface area contributed by atoms with Crippen LogP contribution >= 0.6 is 23.1 Å². The average Bonchev–Trinajstić information content (AvgIpc) is 2.96. The standard InChI is InChI=1S/C15H22N4S2/c1-3-11-8-12-13(17-9-10-4-6-20-7-5-10)18-15(16-2)19-14(12)21-11/h8,10H,3-7,9H2,1-2H3,(H2,16,17,18,19). The van der Waals surface area contributed by atoms with Crippen LogP contribution in [0.4, 0.5) is 11.8 Å². The largest absolute Gasteiger partial charge is 0.369 e. The number of thioether (sulfide) groups is 1. The molecule has 2 aromatic rings. The molecule has 0 atom stereocenters. The van der Waals surface area contributed by atoms with Gasteiger partial charge in [0.25, 0.3) is 0 Å². The number of rotatable bonds is 5. The number of hydrogen-bond donors (Lipinski definition) is 2. The second kappa shape index (κ2) is 6.83. The molecule has 0 aliphatic carbocycles. The second-order valence-electron chi connectivity index (χ2n) is 5.37. The van der Waals surface area contributed by atoms with Gasteiger partial charge >= 0.3 is 0 Å². The van der Waals surface area contributed by atoms with Gasteiger partial charge in [0, 0.05) is 18.5 Å². The van der Waals surface area contributed by atoms with Gasteiger partial charge in [-0.2, -0.15) is 16.7 Å². The highest BCUT2D eigenvalue weighted by Gasteiger charge is 2.15. The minimum absolute atomic E-state index is 0.703. The monoisotopic (exact) mass is 322 g/mol. The van der Waals surface area contributed by atoms with E-state index in [1.54, 1.807) is 11.3 Å². The highest BCUT2D eigenvalue weighted by molar-refractivity contribution is 7.99. The van der Waals surface area contributed by atoms with Crippen molar-refractivity contribution in [2.75, 3.05) is 35.7 Å². The van der Waals surface area contributed by atoms with Crippen molar-refractivity contribution in [2.24, 2.45) is 5.92 Å². The molecule has 2 aromatic heterocycles. The predicted molar refractivity (Wildman–Crippen MR) is 94.9 cm³/mol. The van der Waals surface area contributed by atoms with Crippen LogP contribution in [0.5, 0.6) is 0 Å². The minimum atomic E-state index is 0.703. The Morgan fingerprint density at radius 3 is 2.81 bits per heavy atom. The number of hydrogen-bond acceptors (Lipinski definition) is 6. The van der Waals surface area contributed by atoms with Gasteiger partial charge in [-0.3, -0.25) is 0 Å². The van der Waals surface area contributed by atoms with Crippen LogP contribution in [-0.2, 0) is 6.42 Å². The highest BCUT2D eigenvalue weighted by atomic mass is 32.2. The van der Waals surface area contributed by atoms with Crippen molar-refractivity contribution in [1.29, 1.82) is 0 Å². The summed E-state index contributed by atoms with van der Waals surface area (Å²) in [5, 5.41) is 7.81. The van der Waals surface area contributed by atoms with E-state index >= 15 is 0 Å². The van der Waals surface area contributed by atoms with Crippen LogP contribution in [0.2, 0.25) is 0 Å². The van der Waals surface area contributed by atoms with E-state index in [2.05, 4.69) is 45.4 Å². The molecule has 1 aliphatic rings. The molecule has 1 aliphatic heterocycles. The van der Waals surface area contributed by atoms with Crippen molar-refractivity contribution in [3.05, 3.63) is 10.9 Å². The minimum Gasteiger partial charge on any atom is -0.369 e. The van der Waals surface area contributed by atoms with Crippen molar-refractivity contribution in [3.8, 4) is 0 Å². The van der Waals surface area contributed by atoms with Crippen LogP contribution in [0.1, 0.15) is 24.6 Å². The van der Waals surface area contributed by atoms with Gasteiger partial charge in [0.15, 0.2) is 0 Å². The van der Waals surface area contributed by atoms with E-state index in [0.717, 1.165) is 29.5 Å². The number of aryl methyl sites for hydroxylation is 1. The summed E-state index contributed by atoms with van der Waals surface area (Å²) >= 11 is 3.84. The maximum atomic E-state index is 4.62. The van der Waals surface area contributed by atoms with Crippen LogP contribution in [-0.4, -0.2) is 35.1 Å². The van der Waals surface area contributed by atoms with Gasteiger partial charge in [-0.15, -0.1) is 11.3 Å². The zero-order valence-electron chi connectivity index (χ0n) is 12.6. The third-order valence-electron chi connectivity index (χ3n) is 3.91. The third-order valence-corrected chi connectivity index (χ3v) is 6.14. The summed E-state index contributed by atoms with van der Waals surface area (Å²) < 4.78 is 0. The van der Waals surface area contributed by atoms with Crippen LogP contribution in [0.15, 0.2) is 6.07 Å². The fourth-order valence-electron chi connectivity index (χ4n) is 2.58. The van der Waals surface area contributed by atoms with Crippen molar-refractivity contribution < 1.29 is 0 Å². The molecule has 1 fully saturated rings. The molecule has 0 saturated carbocycles. The van der Waals surface area contributed by atoms with E-state index in [0.29, 0.717) is 5.95 Å². The Kier molecular flexibility index (Phi) is 4.85. The van der Waals surface area contributed by atoms with Crippen molar-refractivity contribution in [3.63, 3.8) is 0 Å². The normalized spacial score (nSPS) is 16.3. The molecular formula is C15H22N4S2. The molecule has 21 heavy (non-hydrogen) atoms. The van der Waals surface area contributed by atoms with E-state index in [-0.39, 0.29) is 0 Å². The van der Waals surface area contributed by atoms with Crippen LogP contribution < -0.4 is 10.6 Å². The summed E-state index contributed by atoms with van der Waals surface area (Å²) in [6, 6.07) is 2.23. The van der Waals surface area contributed by atoms with E-state index in [1.165, 1.54) is 34.6 Å². The van der Waals surface area contributed by atoms with E-state index < -0.39 is 0 Å². The van der Waals surface area contributed by atoms with Gasteiger partial charge in [-0.25, -0.2) is 4.98 Å². The quantitative estimate of drug-likeness (QED) is 0.875. The first-order valence-electron chi connectivity index (χ1n) is 7.60. The molecule has 1 saturated heterocycles. The number of nitrogens with one attached hydrogen (secondary N) is 2. The molecule has 0 aromatic carbocycles. The van der Waals surface area contributed by atoms with Gasteiger partial charge < -0.3 is 10.6 Å². The number of fused-ring (bicyclic) bond motifs is 1. The number of anilines is 2. The maximum absolute atomic E-state index is 4.62. The summed E-state index contributed by atoms with van der Waals surface area (Å²) in [5.74, 6) is 5.06. The van der Waals surface area contributed by atoms with Gasteiger partial charge in [-0.05, 0) is 42.8 Å². The Hall–Kier alpha value is -1.01. The number of nitrogens with zero attached hydrogens (tertiary/aromatic N) is 2. The summed E-state index contributed by atoms with van der Waals surface area (Å²) in [4.78, 5) is 11.6. The molecule has 2 N–H and O–H groups in total. The molecule has 0 bridgehead atoms. The third kappa shape index (κ3) is 3.43. The van der Waals surface area contributed by atoms with Crippen molar-refractivity contribution in [2.45, 2.75) is 26.2 Å². The molecule has 6 heteroatoms. The lowest BCUT2D eigenvalue weighted by molar-refractivity contribution is 0.516.